The van der Waals surface area contributed by atoms with E-state index in [2.05, 4.69) is 64.1 Å². The van der Waals surface area contributed by atoms with Gasteiger partial charge in [-0.3, -0.25) is 4.99 Å². The molecule has 1 fully saturated rings. The highest BCUT2D eigenvalue weighted by molar-refractivity contribution is 14.0. The Morgan fingerprint density at radius 2 is 1.92 bits per heavy atom. The van der Waals surface area contributed by atoms with Crippen LogP contribution in [0.3, 0.4) is 0 Å². The number of nitrogens with zero attached hydrogens (tertiary/aromatic N) is 4. The minimum atomic E-state index is 0. The van der Waals surface area contributed by atoms with Crippen molar-refractivity contribution in [3.05, 3.63) is 45.4 Å². The van der Waals surface area contributed by atoms with Gasteiger partial charge in [-0.1, -0.05) is 12.1 Å². The molecule has 0 atom stereocenters. The number of aliphatic imine (C=N–C) groups is 1. The fourth-order valence-corrected chi connectivity index (χ4v) is 3.94. The van der Waals surface area contributed by atoms with Crippen LogP contribution < -0.4 is 10.2 Å². The molecule has 0 aliphatic carbocycles. The Balaban J connectivity index is 0.00000243. The molecule has 26 heavy (non-hydrogen) atoms. The minimum Gasteiger partial charge on any atom is -0.368 e. The van der Waals surface area contributed by atoms with Crippen LogP contribution in [0.2, 0.25) is 0 Å². The lowest BCUT2D eigenvalue weighted by Crippen LogP contribution is -2.52. The fourth-order valence-electron chi connectivity index (χ4n) is 3.22. The number of benzene rings is 1. The molecule has 0 bridgehead atoms. The van der Waals surface area contributed by atoms with Crippen LogP contribution in [0.5, 0.6) is 0 Å². The van der Waals surface area contributed by atoms with Crippen molar-refractivity contribution in [2.24, 2.45) is 4.99 Å². The van der Waals surface area contributed by atoms with Gasteiger partial charge in [0.15, 0.2) is 5.96 Å². The van der Waals surface area contributed by atoms with Crippen molar-refractivity contribution in [1.29, 1.82) is 0 Å². The molecule has 0 amide bonds. The van der Waals surface area contributed by atoms with Crippen molar-refractivity contribution in [2.45, 2.75) is 27.3 Å². The van der Waals surface area contributed by atoms with Crippen molar-refractivity contribution in [3.63, 3.8) is 0 Å². The van der Waals surface area contributed by atoms with E-state index in [0.29, 0.717) is 0 Å². The van der Waals surface area contributed by atoms with Crippen molar-refractivity contribution < 1.29 is 0 Å². The molecule has 0 radical (unpaired) electrons. The van der Waals surface area contributed by atoms with E-state index in [4.69, 9.17) is 0 Å². The molecule has 5 nitrogen and oxygen atoms in total. The highest BCUT2D eigenvalue weighted by Gasteiger charge is 2.21. The predicted molar refractivity (Wildman–Crippen MR) is 122 cm³/mol. The monoisotopic (exact) mass is 485 g/mol. The summed E-state index contributed by atoms with van der Waals surface area (Å²) in [6, 6.07) is 6.57. The third kappa shape index (κ3) is 4.68. The van der Waals surface area contributed by atoms with Gasteiger partial charge in [-0.2, -0.15) is 0 Å². The third-order valence-corrected chi connectivity index (χ3v) is 5.89. The van der Waals surface area contributed by atoms with Gasteiger partial charge in [0.1, 0.15) is 0 Å². The molecule has 0 unspecified atom stereocenters. The number of aromatic nitrogens is 1. The summed E-state index contributed by atoms with van der Waals surface area (Å²) in [5, 5.41) is 3.49. The lowest BCUT2D eigenvalue weighted by molar-refractivity contribution is 0.372. The number of anilines is 1. The van der Waals surface area contributed by atoms with Crippen LogP contribution >= 0.6 is 35.3 Å². The van der Waals surface area contributed by atoms with E-state index >= 15 is 0 Å². The topological polar surface area (TPSA) is 43.8 Å². The summed E-state index contributed by atoms with van der Waals surface area (Å²) in [5.74, 6) is 0.980. The molecule has 2 aromatic rings. The summed E-state index contributed by atoms with van der Waals surface area (Å²) in [6.45, 7) is 11.2. The Hall–Kier alpha value is -1.35. The number of guanidine groups is 1. The molecule has 142 valence electrons. The number of hydrogen-bond acceptors (Lipinski definition) is 4. The standard InChI is InChI=1S/C19H27N5S.HI/c1-14-6-5-7-17(15(14)2)23-8-10-24(11-9-23)19(20-4)21-12-18-16(3)22-13-25-18;/h5-7,13H,8-12H2,1-4H3,(H,20,21);1H. The maximum atomic E-state index is 4.47. The lowest BCUT2D eigenvalue weighted by Gasteiger charge is -2.38. The van der Waals surface area contributed by atoms with Crippen LogP contribution in [0.4, 0.5) is 5.69 Å². The molecular formula is C19H28IN5S. The smallest absolute Gasteiger partial charge is 0.194 e. The van der Waals surface area contributed by atoms with Crippen molar-refractivity contribution in [2.75, 3.05) is 38.1 Å². The van der Waals surface area contributed by atoms with Crippen molar-refractivity contribution >= 4 is 47.0 Å². The molecule has 1 aromatic heterocycles. The highest BCUT2D eigenvalue weighted by atomic mass is 127. The van der Waals surface area contributed by atoms with Gasteiger partial charge in [-0.15, -0.1) is 35.3 Å². The number of thiazole rings is 1. The van der Waals surface area contributed by atoms with Gasteiger partial charge in [-0.25, -0.2) is 4.98 Å². The zero-order valence-electron chi connectivity index (χ0n) is 16.0. The maximum Gasteiger partial charge on any atom is 0.194 e. The van der Waals surface area contributed by atoms with E-state index in [-0.39, 0.29) is 24.0 Å². The van der Waals surface area contributed by atoms with Crippen LogP contribution in [0.1, 0.15) is 21.7 Å². The number of hydrogen-bond donors (Lipinski definition) is 1. The molecule has 7 heteroatoms. The molecule has 0 saturated carbocycles. The van der Waals surface area contributed by atoms with Crippen LogP contribution in [0, 0.1) is 20.8 Å². The summed E-state index contributed by atoms with van der Waals surface area (Å²) >= 11 is 1.69. The van der Waals surface area contributed by atoms with Gasteiger partial charge in [-0.05, 0) is 38.0 Å². The van der Waals surface area contributed by atoms with Gasteiger partial charge in [0.25, 0.3) is 0 Å². The second-order valence-electron chi connectivity index (χ2n) is 6.45. The summed E-state index contributed by atoms with van der Waals surface area (Å²) in [7, 11) is 1.86. The van der Waals surface area contributed by atoms with Gasteiger partial charge in [0.05, 0.1) is 17.7 Å². The lowest BCUT2D eigenvalue weighted by atomic mass is 10.1. The summed E-state index contributed by atoms with van der Waals surface area (Å²) in [4.78, 5) is 14.9. The van der Waals surface area contributed by atoms with E-state index < -0.39 is 0 Å². The summed E-state index contributed by atoms with van der Waals surface area (Å²) < 4.78 is 0. The van der Waals surface area contributed by atoms with Gasteiger partial charge >= 0.3 is 0 Å². The van der Waals surface area contributed by atoms with E-state index in [0.717, 1.165) is 44.4 Å². The van der Waals surface area contributed by atoms with Gasteiger partial charge in [0.2, 0.25) is 0 Å². The summed E-state index contributed by atoms with van der Waals surface area (Å²) in [5.41, 5.74) is 7.12. The minimum absolute atomic E-state index is 0. The van der Waals surface area contributed by atoms with Crippen LogP contribution in [0.15, 0.2) is 28.7 Å². The number of nitrogens with one attached hydrogen (secondary N) is 1. The van der Waals surface area contributed by atoms with E-state index in [1.165, 1.54) is 21.7 Å². The SMILES string of the molecule is CN=C(NCc1scnc1C)N1CCN(c2cccc(C)c2C)CC1.I. The number of rotatable bonds is 3. The van der Waals surface area contributed by atoms with Gasteiger partial charge < -0.3 is 15.1 Å². The van der Waals surface area contributed by atoms with Crippen LogP contribution in [-0.2, 0) is 6.54 Å². The van der Waals surface area contributed by atoms with Crippen LogP contribution in [-0.4, -0.2) is 49.1 Å². The number of piperazine rings is 1. The zero-order chi connectivity index (χ0) is 17.8. The zero-order valence-corrected chi connectivity index (χ0v) is 19.1. The molecule has 1 aliphatic heterocycles. The largest absolute Gasteiger partial charge is 0.368 e. The Labute approximate surface area is 177 Å². The molecule has 1 N–H and O–H groups in total. The average Bonchev–Trinajstić information content (AvgIpc) is 3.04. The van der Waals surface area contributed by atoms with Crippen molar-refractivity contribution in [3.8, 4) is 0 Å². The normalized spacial score (nSPS) is 15.0. The number of aryl methyl sites for hydroxylation is 2. The predicted octanol–water partition coefficient (Wildman–Crippen LogP) is 3.58. The third-order valence-electron chi connectivity index (χ3n) is 4.96. The van der Waals surface area contributed by atoms with Crippen LogP contribution in [0.25, 0.3) is 0 Å². The Morgan fingerprint density at radius 3 is 2.54 bits per heavy atom. The first-order valence-corrected chi connectivity index (χ1v) is 9.64. The first-order chi connectivity index (χ1) is 12.1. The number of halogens is 1. The highest BCUT2D eigenvalue weighted by Crippen LogP contribution is 2.23. The van der Waals surface area contributed by atoms with Crippen molar-refractivity contribution in [1.82, 2.24) is 15.2 Å². The maximum absolute atomic E-state index is 4.47. The first kappa shape index (κ1) is 21.0. The molecule has 1 aromatic carbocycles. The molecule has 2 heterocycles. The molecule has 1 saturated heterocycles. The molecule has 1 aliphatic rings. The van der Waals surface area contributed by atoms with E-state index in [9.17, 15) is 0 Å². The Morgan fingerprint density at radius 1 is 1.19 bits per heavy atom. The van der Waals surface area contributed by atoms with Gasteiger partial charge in [0, 0.05) is 43.8 Å². The second-order valence-corrected chi connectivity index (χ2v) is 7.39. The fraction of sp³-hybridized carbons (Fsp3) is 0.474. The first-order valence-electron chi connectivity index (χ1n) is 8.76. The van der Waals surface area contributed by atoms with E-state index in [1.54, 1.807) is 11.3 Å². The average molecular weight is 485 g/mol. The summed E-state index contributed by atoms with van der Waals surface area (Å²) in [6.07, 6.45) is 0. The Bertz CT molecular complexity index is 750. The quantitative estimate of drug-likeness (QED) is 0.410. The molecular weight excluding hydrogens is 457 g/mol. The second kappa shape index (κ2) is 9.55. The Kier molecular flexibility index (Phi) is 7.69. The van der Waals surface area contributed by atoms with E-state index in [1.807, 2.05) is 12.6 Å². The molecule has 0 spiro atoms. The molecule has 3 rings (SSSR count).